The summed E-state index contributed by atoms with van der Waals surface area (Å²) in [6.45, 7) is 0. The zero-order valence-electron chi connectivity index (χ0n) is 39.7. The van der Waals surface area contributed by atoms with Gasteiger partial charge in [-0.3, -0.25) is 0 Å². The van der Waals surface area contributed by atoms with Crippen molar-refractivity contribution in [1.29, 1.82) is 0 Å². The normalized spacial score (nSPS) is 12.3. The third kappa shape index (κ3) is 7.09. The van der Waals surface area contributed by atoms with Gasteiger partial charge in [0.1, 0.15) is 0 Å². The minimum absolute atomic E-state index is 0.466. The Morgan fingerprint density at radius 2 is 0.639 bits per heavy atom. The largest absolute Gasteiger partial charge is 0.310 e. The van der Waals surface area contributed by atoms with Crippen LogP contribution in [0, 0.1) is 0 Å². The van der Waals surface area contributed by atoms with Crippen LogP contribution in [0.3, 0.4) is 0 Å². The third-order valence-electron chi connectivity index (χ3n) is 14.7. The molecule has 0 fully saturated rings. The number of fused-ring (bicyclic) bond motifs is 4. The van der Waals surface area contributed by atoms with Gasteiger partial charge in [0.25, 0.3) is 0 Å². The van der Waals surface area contributed by atoms with Crippen molar-refractivity contribution in [2.75, 3.05) is 4.90 Å². The van der Waals surface area contributed by atoms with E-state index < -0.39 is 5.41 Å². The molecule has 0 heterocycles. The van der Waals surface area contributed by atoms with E-state index >= 15 is 0 Å². The number of para-hydroxylation sites is 1. The van der Waals surface area contributed by atoms with Gasteiger partial charge in [0.2, 0.25) is 0 Å². The SMILES string of the molecule is c1ccc(-c2c(-c3ccccc3)c(-c3ccccc3)c3c(-c4ccc(N(c5ccccc5)c5ccc6c(c5)-c5ccccc5C6(c5ccccc5)c5ccccc5)cc4)cccc3c2-c2ccccc2)cc1. The van der Waals surface area contributed by atoms with E-state index in [0.717, 1.165) is 22.6 Å². The molecule has 0 N–H and O–H groups in total. The Morgan fingerprint density at radius 1 is 0.236 bits per heavy atom. The molecule has 0 radical (unpaired) electrons. The van der Waals surface area contributed by atoms with E-state index in [1.165, 1.54) is 94.2 Å². The Bertz CT molecular complexity index is 3810. The van der Waals surface area contributed by atoms with Crippen molar-refractivity contribution in [1.82, 2.24) is 0 Å². The minimum atomic E-state index is -0.466. The van der Waals surface area contributed by atoms with E-state index in [2.05, 4.69) is 302 Å². The van der Waals surface area contributed by atoms with Crippen LogP contribution in [0.5, 0.6) is 0 Å². The van der Waals surface area contributed by atoms with Crippen LogP contribution in [-0.2, 0) is 5.41 Å². The van der Waals surface area contributed by atoms with Crippen molar-refractivity contribution in [3.8, 4) is 66.8 Å². The Morgan fingerprint density at radius 3 is 1.19 bits per heavy atom. The quantitative estimate of drug-likeness (QED) is 0.132. The van der Waals surface area contributed by atoms with Crippen LogP contribution in [0.15, 0.2) is 297 Å². The van der Waals surface area contributed by atoms with Crippen molar-refractivity contribution >= 4 is 27.8 Å². The lowest BCUT2D eigenvalue weighted by Gasteiger charge is -2.34. The summed E-state index contributed by atoms with van der Waals surface area (Å²) in [6, 6.07) is 109. The molecule has 0 aromatic heterocycles. The van der Waals surface area contributed by atoms with Crippen LogP contribution in [0.1, 0.15) is 22.3 Å². The van der Waals surface area contributed by atoms with Crippen LogP contribution in [-0.4, -0.2) is 0 Å². The Kier molecular flexibility index (Phi) is 10.8. The molecule has 0 spiro atoms. The molecular formula is C71H49N. The number of rotatable bonds is 10. The van der Waals surface area contributed by atoms with Gasteiger partial charge in [-0.1, -0.05) is 261 Å². The fraction of sp³-hybridized carbons (Fsp3) is 0.0141. The average Bonchev–Trinajstić information content (AvgIpc) is 3.76. The van der Waals surface area contributed by atoms with Gasteiger partial charge in [-0.25, -0.2) is 0 Å². The number of benzene rings is 12. The lowest BCUT2D eigenvalue weighted by Crippen LogP contribution is -2.28. The first-order valence-corrected chi connectivity index (χ1v) is 24.9. The molecule has 1 aliphatic rings. The fourth-order valence-corrected chi connectivity index (χ4v) is 11.8. The second kappa shape index (κ2) is 18.2. The predicted molar refractivity (Wildman–Crippen MR) is 303 cm³/mol. The number of anilines is 3. The molecule has 338 valence electrons. The molecule has 12 aromatic rings. The van der Waals surface area contributed by atoms with Crippen LogP contribution >= 0.6 is 0 Å². The molecule has 1 heteroatoms. The molecule has 1 nitrogen and oxygen atoms in total. The van der Waals surface area contributed by atoms with Gasteiger partial charge in [-0.15, -0.1) is 0 Å². The smallest absolute Gasteiger partial charge is 0.0713 e. The third-order valence-corrected chi connectivity index (χ3v) is 14.7. The average molecular weight is 916 g/mol. The summed E-state index contributed by atoms with van der Waals surface area (Å²) in [6.07, 6.45) is 0. The molecule has 0 aliphatic heterocycles. The maximum absolute atomic E-state index is 2.42. The molecule has 1 aliphatic carbocycles. The highest BCUT2D eigenvalue weighted by molar-refractivity contribution is 6.22. The molecule has 0 unspecified atom stereocenters. The van der Waals surface area contributed by atoms with Gasteiger partial charge in [0.15, 0.2) is 0 Å². The van der Waals surface area contributed by atoms with Crippen molar-refractivity contribution in [2.45, 2.75) is 5.41 Å². The summed E-state index contributed by atoms with van der Waals surface area (Å²) >= 11 is 0. The van der Waals surface area contributed by atoms with E-state index in [0.29, 0.717) is 0 Å². The Labute approximate surface area is 422 Å². The predicted octanol–water partition coefficient (Wildman–Crippen LogP) is 19.0. The van der Waals surface area contributed by atoms with Gasteiger partial charge in [-0.2, -0.15) is 0 Å². The molecule has 72 heavy (non-hydrogen) atoms. The van der Waals surface area contributed by atoms with E-state index in [4.69, 9.17) is 0 Å². The van der Waals surface area contributed by atoms with Crippen molar-refractivity contribution in [3.05, 3.63) is 320 Å². The molecular weight excluding hydrogens is 867 g/mol. The van der Waals surface area contributed by atoms with E-state index in [1.807, 2.05) is 0 Å². The monoisotopic (exact) mass is 915 g/mol. The van der Waals surface area contributed by atoms with Gasteiger partial charge in [0, 0.05) is 17.1 Å². The van der Waals surface area contributed by atoms with Gasteiger partial charge in [-0.05, 0) is 136 Å². The summed E-state index contributed by atoms with van der Waals surface area (Å²) in [5, 5.41) is 2.44. The summed E-state index contributed by atoms with van der Waals surface area (Å²) in [7, 11) is 0. The highest BCUT2D eigenvalue weighted by Gasteiger charge is 2.46. The number of nitrogens with zero attached hydrogens (tertiary/aromatic N) is 1. The first-order valence-electron chi connectivity index (χ1n) is 24.9. The molecule has 0 atom stereocenters. The standard InChI is InChI=1S/C71H49N/c1-8-25-51(26-9-1)66-62-41-24-40-60(70(62)69(54-31-14-4-15-32-54)68(53-29-12-3-13-30-53)67(66)52-27-10-2-11-28-52)50-43-45-58(46-44-50)72(57-37-20-7-21-38-57)59-47-48-65-63(49-59)61-39-22-23-42-64(61)71(65,55-33-16-5-17-34-55)56-35-18-6-19-36-56/h1-49H. The maximum atomic E-state index is 2.42. The van der Waals surface area contributed by atoms with E-state index in [9.17, 15) is 0 Å². The Balaban J connectivity index is 1.03. The number of hydrogen-bond acceptors (Lipinski definition) is 1. The lowest BCUT2D eigenvalue weighted by molar-refractivity contribution is 0.768. The highest BCUT2D eigenvalue weighted by Crippen LogP contribution is 2.58. The van der Waals surface area contributed by atoms with Crippen molar-refractivity contribution < 1.29 is 0 Å². The molecule has 0 bridgehead atoms. The second-order valence-electron chi connectivity index (χ2n) is 18.7. The van der Waals surface area contributed by atoms with Crippen molar-refractivity contribution in [2.24, 2.45) is 0 Å². The Hall–Kier alpha value is -9.30. The molecule has 12 aromatic carbocycles. The first kappa shape index (κ1) is 42.8. The highest BCUT2D eigenvalue weighted by atomic mass is 15.1. The maximum Gasteiger partial charge on any atom is 0.0713 e. The van der Waals surface area contributed by atoms with Crippen LogP contribution in [0.4, 0.5) is 17.1 Å². The molecule has 13 rings (SSSR count). The lowest BCUT2D eigenvalue weighted by atomic mass is 9.68. The van der Waals surface area contributed by atoms with Crippen LogP contribution in [0.2, 0.25) is 0 Å². The summed E-state index contributed by atoms with van der Waals surface area (Å²) in [4.78, 5) is 2.41. The zero-order chi connectivity index (χ0) is 47.8. The molecule has 0 amide bonds. The molecule has 0 saturated carbocycles. The van der Waals surface area contributed by atoms with Crippen molar-refractivity contribution in [3.63, 3.8) is 0 Å². The topological polar surface area (TPSA) is 3.24 Å². The summed E-state index contributed by atoms with van der Waals surface area (Å²) in [5.74, 6) is 0. The number of hydrogen-bond donors (Lipinski definition) is 0. The summed E-state index contributed by atoms with van der Waals surface area (Å²) < 4.78 is 0. The molecule has 0 saturated heterocycles. The van der Waals surface area contributed by atoms with Gasteiger partial charge < -0.3 is 4.90 Å². The van der Waals surface area contributed by atoms with Crippen LogP contribution < -0.4 is 4.90 Å². The van der Waals surface area contributed by atoms with E-state index in [1.54, 1.807) is 0 Å². The zero-order valence-corrected chi connectivity index (χ0v) is 39.7. The first-order chi connectivity index (χ1) is 35.8. The van der Waals surface area contributed by atoms with Gasteiger partial charge >= 0.3 is 0 Å². The van der Waals surface area contributed by atoms with E-state index in [-0.39, 0.29) is 0 Å². The fourth-order valence-electron chi connectivity index (χ4n) is 11.8. The van der Waals surface area contributed by atoms with Crippen LogP contribution in [0.25, 0.3) is 77.5 Å². The summed E-state index contributed by atoms with van der Waals surface area (Å²) in [5.41, 5.74) is 22.4. The minimum Gasteiger partial charge on any atom is -0.310 e. The second-order valence-corrected chi connectivity index (χ2v) is 18.7. The van der Waals surface area contributed by atoms with Gasteiger partial charge in [0.05, 0.1) is 5.41 Å².